The molecule has 0 aromatic heterocycles. The van der Waals surface area contributed by atoms with Gasteiger partial charge >= 0.3 is 0 Å². The Labute approximate surface area is 118 Å². The first-order valence-corrected chi connectivity index (χ1v) is 7.11. The van der Waals surface area contributed by atoms with Gasteiger partial charge in [-0.05, 0) is 25.0 Å². The number of benzene rings is 1. The maximum Gasteiger partial charge on any atom is 0.0587 e. The van der Waals surface area contributed by atoms with Gasteiger partial charge in [0.1, 0.15) is 0 Å². The quantitative estimate of drug-likeness (QED) is 0.723. The van der Waals surface area contributed by atoms with E-state index in [-0.39, 0.29) is 0 Å². The molecule has 0 spiro atoms. The number of aryl methyl sites for hydroxylation is 1. The van der Waals surface area contributed by atoms with E-state index in [2.05, 4.69) is 58.6 Å². The molecule has 0 aliphatic rings. The molecule has 0 fully saturated rings. The fraction of sp³-hybridized carbons (Fsp3) is 0.571. The molecule has 18 heavy (non-hydrogen) atoms. The lowest BCUT2D eigenvalue weighted by Gasteiger charge is -2.16. The average molecular weight is 315 g/mol. The zero-order chi connectivity index (χ0) is 13.4. The first-order chi connectivity index (χ1) is 8.65. The summed E-state index contributed by atoms with van der Waals surface area (Å²) in [5.41, 5.74) is 2.58. The standard InChI is InChI=1S/C14H23BrN2O/c1-11-5-4-6-13(14(11)15)10-17-12(2)9-16-7-8-18-3/h4-6,12,16-17H,7-10H2,1-3H3. The summed E-state index contributed by atoms with van der Waals surface area (Å²) in [4.78, 5) is 0. The summed E-state index contributed by atoms with van der Waals surface area (Å²) >= 11 is 3.63. The number of halogens is 1. The fourth-order valence-electron chi connectivity index (χ4n) is 1.69. The largest absolute Gasteiger partial charge is 0.383 e. The highest BCUT2D eigenvalue weighted by Gasteiger charge is 2.04. The molecule has 3 nitrogen and oxygen atoms in total. The van der Waals surface area contributed by atoms with Crippen molar-refractivity contribution in [1.29, 1.82) is 0 Å². The van der Waals surface area contributed by atoms with Gasteiger partial charge in [0.15, 0.2) is 0 Å². The van der Waals surface area contributed by atoms with Crippen molar-refractivity contribution in [2.24, 2.45) is 0 Å². The normalized spacial score (nSPS) is 12.7. The molecule has 1 atom stereocenters. The van der Waals surface area contributed by atoms with E-state index in [4.69, 9.17) is 4.74 Å². The van der Waals surface area contributed by atoms with Crippen LogP contribution in [-0.2, 0) is 11.3 Å². The van der Waals surface area contributed by atoms with E-state index in [1.54, 1.807) is 7.11 Å². The smallest absolute Gasteiger partial charge is 0.0587 e. The van der Waals surface area contributed by atoms with Crippen LogP contribution in [0.1, 0.15) is 18.1 Å². The molecular weight excluding hydrogens is 292 g/mol. The third kappa shape index (κ3) is 5.48. The van der Waals surface area contributed by atoms with Gasteiger partial charge in [-0.15, -0.1) is 0 Å². The molecule has 1 rings (SSSR count). The van der Waals surface area contributed by atoms with E-state index < -0.39 is 0 Å². The summed E-state index contributed by atoms with van der Waals surface area (Å²) in [5, 5.41) is 6.86. The van der Waals surface area contributed by atoms with Gasteiger partial charge in [0, 0.05) is 37.3 Å². The maximum absolute atomic E-state index is 4.99. The molecule has 0 saturated carbocycles. The molecule has 102 valence electrons. The monoisotopic (exact) mass is 314 g/mol. The van der Waals surface area contributed by atoms with E-state index >= 15 is 0 Å². The molecule has 1 aromatic rings. The summed E-state index contributed by atoms with van der Waals surface area (Å²) in [5.74, 6) is 0. The van der Waals surface area contributed by atoms with Gasteiger partial charge in [0.2, 0.25) is 0 Å². The molecule has 0 aliphatic heterocycles. The Bertz CT molecular complexity index is 358. The van der Waals surface area contributed by atoms with Crippen LogP contribution in [0.5, 0.6) is 0 Å². The minimum absolute atomic E-state index is 0.439. The van der Waals surface area contributed by atoms with Crippen molar-refractivity contribution in [3.05, 3.63) is 33.8 Å². The van der Waals surface area contributed by atoms with E-state index in [0.29, 0.717) is 6.04 Å². The van der Waals surface area contributed by atoms with Gasteiger partial charge < -0.3 is 15.4 Å². The predicted octanol–water partition coefficient (Wildman–Crippen LogP) is 2.47. The summed E-state index contributed by atoms with van der Waals surface area (Å²) in [6, 6.07) is 6.80. The van der Waals surface area contributed by atoms with Crippen LogP contribution in [-0.4, -0.2) is 32.8 Å². The lowest BCUT2D eigenvalue weighted by Crippen LogP contribution is -2.37. The number of rotatable bonds is 8. The average Bonchev–Trinajstić information content (AvgIpc) is 2.36. The Hall–Kier alpha value is -0.420. The highest BCUT2D eigenvalue weighted by molar-refractivity contribution is 9.10. The van der Waals surface area contributed by atoms with Gasteiger partial charge in [0.25, 0.3) is 0 Å². The molecular formula is C14H23BrN2O. The molecule has 0 bridgehead atoms. The highest BCUT2D eigenvalue weighted by atomic mass is 79.9. The first-order valence-electron chi connectivity index (χ1n) is 6.32. The molecule has 0 heterocycles. The van der Waals surface area contributed by atoms with Crippen molar-refractivity contribution in [2.45, 2.75) is 26.4 Å². The Balaban J connectivity index is 2.29. The predicted molar refractivity (Wildman–Crippen MR) is 79.9 cm³/mol. The second kappa shape index (κ2) is 8.64. The van der Waals surface area contributed by atoms with Gasteiger partial charge in [-0.3, -0.25) is 0 Å². The van der Waals surface area contributed by atoms with E-state index in [1.807, 2.05) is 0 Å². The molecule has 1 aromatic carbocycles. The topological polar surface area (TPSA) is 33.3 Å². The molecule has 0 saturated heterocycles. The van der Waals surface area contributed by atoms with Crippen LogP contribution >= 0.6 is 15.9 Å². The first kappa shape index (κ1) is 15.6. The van der Waals surface area contributed by atoms with E-state index in [9.17, 15) is 0 Å². The van der Waals surface area contributed by atoms with Gasteiger partial charge in [-0.1, -0.05) is 34.1 Å². The van der Waals surface area contributed by atoms with Crippen molar-refractivity contribution in [1.82, 2.24) is 10.6 Å². The molecule has 0 amide bonds. The number of ether oxygens (including phenoxy) is 1. The van der Waals surface area contributed by atoms with Crippen molar-refractivity contribution in [3.8, 4) is 0 Å². The van der Waals surface area contributed by atoms with Crippen LogP contribution in [0, 0.1) is 6.92 Å². The van der Waals surface area contributed by atoms with E-state index in [1.165, 1.54) is 15.6 Å². The lowest BCUT2D eigenvalue weighted by atomic mass is 10.1. The van der Waals surface area contributed by atoms with Crippen LogP contribution in [0.3, 0.4) is 0 Å². The van der Waals surface area contributed by atoms with Gasteiger partial charge in [-0.25, -0.2) is 0 Å². The Morgan fingerprint density at radius 2 is 2.17 bits per heavy atom. The van der Waals surface area contributed by atoms with Crippen molar-refractivity contribution < 1.29 is 4.74 Å². The number of hydrogen-bond donors (Lipinski definition) is 2. The molecule has 0 aliphatic carbocycles. The van der Waals surface area contributed by atoms with Crippen LogP contribution in [0.25, 0.3) is 0 Å². The van der Waals surface area contributed by atoms with Crippen LogP contribution in [0.4, 0.5) is 0 Å². The van der Waals surface area contributed by atoms with Gasteiger partial charge in [-0.2, -0.15) is 0 Å². The van der Waals surface area contributed by atoms with Gasteiger partial charge in [0.05, 0.1) is 6.61 Å². The summed E-state index contributed by atoms with van der Waals surface area (Å²) in [6.07, 6.45) is 0. The second-order valence-corrected chi connectivity index (χ2v) is 5.32. The molecule has 2 N–H and O–H groups in total. The number of nitrogens with one attached hydrogen (secondary N) is 2. The molecule has 1 unspecified atom stereocenters. The third-order valence-corrected chi connectivity index (χ3v) is 3.98. The second-order valence-electron chi connectivity index (χ2n) is 4.53. The van der Waals surface area contributed by atoms with Crippen LogP contribution in [0.2, 0.25) is 0 Å². The number of hydrogen-bond acceptors (Lipinski definition) is 3. The number of methoxy groups -OCH3 is 1. The summed E-state index contributed by atoms with van der Waals surface area (Å²) in [7, 11) is 1.72. The van der Waals surface area contributed by atoms with Crippen molar-refractivity contribution in [2.75, 3.05) is 26.8 Å². The van der Waals surface area contributed by atoms with Crippen LogP contribution in [0.15, 0.2) is 22.7 Å². The van der Waals surface area contributed by atoms with Crippen molar-refractivity contribution in [3.63, 3.8) is 0 Å². The SMILES string of the molecule is COCCNCC(C)NCc1cccc(C)c1Br. The summed E-state index contributed by atoms with van der Waals surface area (Å²) in [6.45, 7) is 7.79. The highest BCUT2D eigenvalue weighted by Crippen LogP contribution is 2.20. The minimum Gasteiger partial charge on any atom is -0.383 e. The Morgan fingerprint density at radius 1 is 1.39 bits per heavy atom. The maximum atomic E-state index is 4.99. The zero-order valence-corrected chi connectivity index (χ0v) is 13.0. The Morgan fingerprint density at radius 3 is 2.89 bits per heavy atom. The minimum atomic E-state index is 0.439. The van der Waals surface area contributed by atoms with Crippen LogP contribution < -0.4 is 10.6 Å². The zero-order valence-electron chi connectivity index (χ0n) is 11.4. The third-order valence-electron chi connectivity index (χ3n) is 2.85. The molecule has 4 heteroatoms. The van der Waals surface area contributed by atoms with Crippen molar-refractivity contribution >= 4 is 15.9 Å². The lowest BCUT2D eigenvalue weighted by molar-refractivity contribution is 0.198. The Kier molecular flexibility index (Phi) is 7.51. The van der Waals surface area contributed by atoms with E-state index in [0.717, 1.165) is 26.2 Å². The molecule has 0 radical (unpaired) electrons. The summed E-state index contributed by atoms with van der Waals surface area (Å²) < 4.78 is 6.20. The fourth-order valence-corrected chi connectivity index (χ4v) is 2.10.